The first-order valence-electron chi connectivity index (χ1n) is 3.68. The third kappa shape index (κ3) is 2.25. The Morgan fingerprint density at radius 1 is 1.47 bits per heavy atom. The van der Waals surface area contributed by atoms with Crippen LogP contribution in [0.1, 0.15) is 6.92 Å². The van der Waals surface area contributed by atoms with Gasteiger partial charge in [-0.3, -0.25) is 0 Å². The van der Waals surface area contributed by atoms with Crippen molar-refractivity contribution in [3.63, 3.8) is 0 Å². The summed E-state index contributed by atoms with van der Waals surface area (Å²) in [5.74, 6) is -0.292. The van der Waals surface area contributed by atoms with Gasteiger partial charge in [-0.1, -0.05) is 6.58 Å². The molecule has 15 heavy (non-hydrogen) atoms. The van der Waals surface area contributed by atoms with Gasteiger partial charge >= 0.3 is 15.6 Å². The number of alkyl halides is 3. The molecule has 0 aromatic rings. The molecule has 1 rings (SSSR count). The van der Waals surface area contributed by atoms with Crippen molar-refractivity contribution < 1.29 is 30.5 Å². The normalized spacial score (nSPS) is 18.0. The second-order valence-electron chi connectivity index (χ2n) is 2.74. The molecule has 0 radical (unpaired) electrons. The highest BCUT2D eigenvalue weighted by Gasteiger charge is 2.49. The smallest absolute Gasteiger partial charge is 0.486 e. The van der Waals surface area contributed by atoms with Crippen molar-refractivity contribution in [2.24, 2.45) is 0 Å². The fourth-order valence-electron chi connectivity index (χ4n) is 0.791. The van der Waals surface area contributed by atoms with Crippen molar-refractivity contribution in [1.29, 1.82) is 0 Å². The molecule has 0 aliphatic carbocycles. The summed E-state index contributed by atoms with van der Waals surface area (Å²) in [4.78, 5) is 0. The molecule has 1 aliphatic rings. The van der Waals surface area contributed by atoms with E-state index in [1.165, 1.54) is 6.92 Å². The predicted molar refractivity (Wildman–Crippen MR) is 43.9 cm³/mol. The molecule has 0 saturated heterocycles. The highest BCUT2D eigenvalue weighted by molar-refractivity contribution is 7.87. The molecule has 0 saturated carbocycles. The Hall–Kier alpha value is -1.18. The Balaban J connectivity index is 2.94. The van der Waals surface area contributed by atoms with Gasteiger partial charge in [0, 0.05) is 5.57 Å². The van der Waals surface area contributed by atoms with Crippen LogP contribution < -0.4 is 0 Å². The first-order valence-corrected chi connectivity index (χ1v) is 5.08. The molecular weight excluding hydrogens is 237 g/mol. The minimum Gasteiger partial charge on any atom is -0.486 e. The van der Waals surface area contributed by atoms with Gasteiger partial charge in [-0.25, -0.2) is 0 Å². The standard InChI is InChI=1S/C7H7F3O4S/c1-4-5(2)13-3-6(4)14-15(11,12)7(8,9)10/h2-3H2,1H3. The molecular formula is C7H7F3O4S. The first-order chi connectivity index (χ1) is 6.65. The van der Waals surface area contributed by atoms with E-state index in [0.29, 0.717) is 0 Å². The van der Waals surface area contributed by atoms with Crippen molar-refractivity contribution in [1.82, 2.24) is 0 Å². The minimum atomic E-state index is -5.62. The summed E-state index contributed by atoms with van der Waals surface area (Å²) >= 11 is 0. The fourth-order valence-corrected chi connectivity index (χ4v) is 1.32. The van der Waals surface area contributed by atoms with E-state index >= 15 is 0 Å². The highest BCUT2D eigenvalue weighted by atomic mass is 32.2. The maximum absolute atomic E-state index is 11.9. The summed E-state index contributed by atoms with van der Waals surface area (Å²) < 4.78 is 65.5. The fraction of sp³-hybridized carbons (Fsp3) is 0.429. The molecule has 0 atom stereocenters. The van der Waals surface area contributed by atoms with Crippen LogP contribution in [0.5, 0.6) is 0 Å². The maximum Gasteiger partial charge on any atom is 0.534 e. The number of rotatable bonds is 2. The molecule has 0 N–H and O–H groups in total. The van der Waals surface area contributed by atoms with Crippen LogP contribution >= 0.6 is 0 Å². The topological polar surface area (TPSA) is 52.6 Å². The van der Waals surface area contributed by atoms with Crippen molar-refractivity contribution in [3.05, 3.63) is 23.7 Å². The van der Waals surface area contributed by atoms with E-state index in [2.05, 4.69) is 10.8 Å². The van der Waals surface area contributed by atoms with Crippen LogP contribution in [0.3, 0.4) is 0 Å². The minimum absolute atomic E-state index is 0.0994. The Labute approximate surface area is 84.1 Å². The van der Waals surface area contributed by atoms with Crippen LogP contribution in [0.2, 0.25) is 0 Å². The molecule has 86 valence electrons. The van der Waals surface area contributed by atoms with Gasteiger partial charge in [-0.05, 0) is 6.92 Å². The average Bonchev–Trinajstić information content (AvgIpc) is 2.33. The molecule has 0 amide bonds. The van der Waals surface area contributed by atoms with Gasteiger partial charge in [0.1, 0.15) is 12.4 Å². The number of ether oxygens (including phenoxy) is 1. The Kier molecular flexibility index (Phi) is 2.73. The molecule has 1 aliphatic heterocycles. The maximum atomic E-state index is 11.9. The molecule has 0 fully saturated rings. The molecule has 0 unspecified atom stereocenters. The Morgan fingerprint density at radius 3 is 2.33 bits per heavy atom. The number of hydrogen-bond donors (Lipinski definition) is 0. The Bertz CT molecular complexity index is 418. The molecule has 0 aromatic heterocycles. The first kappa shape index (κ1) is 11.9. The molecule has 0 aromatic carbocycles. The van der Waals surface area contributed by atoms with Gasteiger partial charge in [0.15, 0.2) is 5.76 Å². The van der Waals surface area contributed by atoms with Gasteiger partial charge in [-0.15, -0.1) is 0 Å². The second kappa shape index (κ2) is 3.44. The van der Waals surface area contributed by atoms with Crippen LogP contribution in [-0.2, 0) is 19.0 Å². The van der Waals surface area contributed by atoms with Crippen LogP contribution in [0, 0.1) is 0 Å². The van der Waals surface area contributed by atoms with Crippen molar-refractivity contribution >= 4 is 10.1 Å². The third-order valence-electron chi connectivity index (χ3n) is 1.71. The summed E-state index contributed by atoms with van der Waals surface area (Å²) in [7, 11) is -5.62. The largest absolute Gasteiger partial charge is 0.534 e. The average molecular weight is 244 g/mol. The molecule has 8 heteroatoms. The lowest BCUT2D eigenvalue weighted by molar-refractivity contribution is -0.0525. The van der Waals surface area contributed by atoms with Gasteiger partial charge in [-0.2, -0.15) is 21.6 Å². The van der Waals surface area contributed by atoms with Gasteiger partial charge in [0.2, 0.25) is 0 Å². The quantitative estimate of drug-likeness (QED) is 0.547. The second-order valence-corrected chi connectivity index (χ2v) is 4.28. The van der Waals surface area contributed by atoms with Gasteiger partial charge < -0.3 is 8.92 Å². The molecule has 0 bridgehead atoms. The summed E-state index contributed by atoms with van der Waals surface area (Å²) in [5, 5.41) is 0. The van der Waals surface area contributed by atoms with Crippen molar-refractivity contribution in [2.45, 2.75) is 12.4 Å². The van der Waals surface area contributed by atoms with E-state index in [9.17, 15) is 21.6 Å². The number of halogens is 3. The third-order valence-corrected chi connectivity index (χ3v) is 2.70. The van der Waals surface area contributed by atoms with Gasteiger partial charge in [0.25, 0.3) is 0 Å². The van der Waals surface area contributed by atoms with Crippen molar-refractivity contribution in [2.75, 3.05) is 6.61 Å². The SMILES string of the molecule is C=C1OCC(OS(=O)(=O)C(F)(F)F)=C1C. The van der Waals surface area contributed by atoms with E-state index in [4.69, 9.17) is 4.74 Å². The lowest BCUT2D eigenvalue weighted by Gasteiger charge is -2.09. The summed E-state index contributed by atoms with van der Waals surface area (Å²) in [6, 6.07) is 0. The van der Waals surface area contributed by atoms with E-state index in [-0.39, 0.29) is 17.9 Å². The van der Waals surface area contributed by atoms with Gasteiger partial charge in [0.05, 0.1) is 0 Å². The molecule has 0 spiro atoms. The lowest BCUT2D eigenvalue weighted by Crippen LogP contribution is -2.25. The van der Waals surface area contributed by atoms with Crippen molar-refractivity contribution in [3.8, 4) is 0 Å². The Morgan fingerprint density at radius 2 is 2.00 bits per heavy atom. The monoisotopic (exact) mass is 244 g/mol. The van der Waals surface area contributed by atoms with Crippen LogP contribution in [0.15, 0.2) is 23.7 Å². The zero-order chi connectivity index (χ0) is 11.9. The predicted octanol–water partition coefficient (Wildman–Crippen LogP) is 1.67. The van der Waals surface area contributed by atoms with Crippen LogP contribution in [0.4, 0.5) is 13.2 Å². The van der Waals surface area contributed by atoms with Crippen LogP contribution in [0.25, 0.3) is 0 Å². The zero-order valence-electron chi connectivity index (χ0n) is 7.59. The number of hydrogen-bond acceptors (Lipinski definition) is 4. The van der Waals surface area contributed by atoms with E-state index < -0.39 is 21.4 Å². The summed E-state index contributed by atoms with van der Waals surface area (Å²) in [6.07, 6.45) is 0. The lowest BCUT2D eigenvalue weighted by atomic mass is 10.3. The highest BCUT2D eigenvalue weighted by Crippen LogP contribution is 2.31. The molecule has 4 nitrogen and oxygen atoms in total. The number of allylic oxidation sites excluding steroid dienone is 1. The molecule has 1 heterocycles. The zero-order valence-corrected chi connectivity index (χ0v) is 8.41. The van der Waals surface area contributed by atoms with Crippen LogP contribution in [-0.4, -0.2) is 20.5 Å². The summed E-state index contributed by atoms with van der Waals surface area (Å²) in [6.45, 7) is 4.34. The van der Waals surface area contributed by atoms with E-state index in [1.54, 1.807) is 0 Å². The summed E-state index contributed by atoms with van der Waals surface area (Å²) in [5.41, 5.74) is -5.28. The van der Waals surface area contributed by atoms with E-state index in [0.717, 1.165) is 0 Å². The van der Waals surface area contributed by atoms with E-state index in [1.807, 2.05) is 0 Å².